The van der Waals surface area contributed by atoms with Crippen molar-refractivity contribution in [2.75, 3.05) is 0 Å². The van der Waals surface area contributed by atoms with Crippen LogP contribution in [0.3, 0.4) is 0 Å². The Morgan fingerprint density at radius 2 is 1.88 bits per heavy atom. The maximum absolute atomic E-state index is 5.50. The lowest BCUT2D eigenvalue weighted by Crippen LogP contribution is -2.02. The molecular formula is C12H12BrN3O. The lowest BCUT2D eigenvalue weighted by Gasteiger charge is -2.05. The molecule has 1 aromatic carbocycles. The number of nitrogens with two attached hydrogens (primary N) is 1. The summed E-state index contributed by atoms with van der Waals surface area (Å²) in [5, 5.41) is 0. The number of rotatable bonds is 4. The van der Waals surface area contributed by atoms with Crippen LogP contribution in [0.15, 0.2) is 41.1 Å². The zero-order chi connectivity index (χ0) is 12.1. The molecule has 1 heterocycles. The van der Waals surface area contributed by atoms with E-state index in [1.807, 2.05) is 24.3 Å². The molecule has 5 heteroatoms. The summed E-state index contributed by atoms with van der Waals surface area (Å²) in [6.07, 6.45) is 3.21. The molecule has 0 bridgehead atoms. The SMILES string of the molecule is NCc1cnc(OCc2ccc(Br)cc2)cn1. The van der Waals surface area contributed by atoms with Crippen LogP contribution in [0.2, 0.25) is 0 Å². The third-order valence-corrected chi connectivity index (χ3v) is 2.72. The summed E-state index contributed by atoms with van der Waals surface area (Å²) in [7, 11) is 0. The molecule has 88 valence electrons. The molecule has 0 saturated carbocycles. The van der Waals surface area contributed by atoms with Gasteiger partial charge < -0.3 is 10.5 Å². The largest absolute Gasteiger partial charge is 0.472 e. The van der Waals surface area contributed by atoms with Crippen molar-refractivity contribution in [3.8, 4) is 5.88 Å². The van der Waals surface area contributed by atoms with Crippen molar-refractivity contribution in [3.05, 3.63) is 52.4 Å². The van der Waals surface area contributed by atoms with E-state index in [1.54, 1.807) is 12.4 Å². The molecule has 0 aliphatic carbocycles. The van der Waals surface area contributed by atoms with Gasteiger partial charge in [0.05, 0.1) is 18.1 Å². The second-order valence-corrected chi connectivity index (χ2v) is 4.38. The van der Waals surface area contributed by atoms with Crippen LogP contribution in [0.25, 0.3) is 0 Å². The summed E-state index contributed by atoms with van der Waals surface area (Å²) in [4.78, 5) is 8.21. The third kappa shape index (κ3) is 3.51. The van der Waals surface area contributed by atoms with Gasteiger partial charge in [0.2, 0.25) is 5.88 Å². The van der Waals surface area contributed by atoms with E-state index >= 15 is 0 Å². The molecule has 0 saturated heterocycles. The molecule has 0 unspecified atom stereocenters. The van der Waals surface area contributed by atoms with Crippen LogP contribution in [0.1, 0.15) is 11.3 Å². The third-order valence-electron chi connectivity index (χ3n) is 2.19. The monoisotopic (exact) mass is 293 g/mol. The Kier molecular flexibility index (Phi) is 4.06. The fraction of sp³-hybridized carbons (Fsp3) is 0.167. The van der Waals surface area contributed by atoms with Gasteiger partial charge in [0.25, 0.3) is 0 Å². The van der Waals surface area contributed by atoms with E-state index < -0.39 is 0 Å². The quantitative estimate of drug-likeness (QED) is 0.939. The fourth-order valence-corrected chi connectivity index (χ4v) is 1.53. The van der Waals surface area contributed by atoms with E-state index in [4.69, 9.17) is 10.5 Å². The van der Waals surface area contributed by atoms with E-state index in [2.05, 4.69) is 25.9 Å². The highest BCUT2D eigenvalue weighted by molar-refractivity contribution is 9.10. The van der Waals surface area contributed by atoms with Crippen LogP contribution in [-0.2, 0) is 13.2 Å². The summed E-state index contributed by atoms with van der Waals surface area (Å²) in [6.45, 7) is 0.865. The number of halogens is 1. The van der Waals surface area contributed by atoms with Crippen molar-refractivity contribution in [3.63, 3.8) is 0 Å². The highest BCUT2D eigenvalue weighted by Gasteiger charge is 1.98. The van der Waals surface area contributed by atoms with Gasteiger partial charge in [-0.1, -0.05) is 28.1 Å². The summed E-state index contributed by atoms with van der Waals surface area (Å²) in [5.41, 5.74) is 7.26. The molecule has 4 nitrogen and oxygen atoms in total. The van der Waals surface area contributed by atoms with Crippen molar-refractivity contribution in [1.29, 1.82) is 0 Å². The summed E-state index contributed by atoms with van der Waals surface area (Å²) in [5.74, 6) is 0.505. The standard InChI is InChI=1S/C12H12BrN3O/c13-10-3-1-9(2-4-10)8-17-12-7-15-11(5-14)6-16-12/h1-4,6-7H,5,8,14H2. The molecule has 0 atom stereocenters. The van der Waals surface area contributed by atoms with Gasteiger partial charge in [-0.15, -0.1) is 0 Å². The van der Waals surface area contributed by atoms with Gasteiger partial charge in [-0.3, -0.25) is 4.98 Å². The van der Waals surface area contributed by atoms with Crippen molar-refractivity contribution in [1.82, 2.24) is 9.97 Å². The Labute approximate surface area is 108 Å². The Balaban J connectivity index is 1.95. The normalized spacial score (nSPS) is 10.2. The average molecular weight is 294 g/mol. The van der Waals surface area contributed by atoms with Crippen LogP contribution in [0.5, 0.6) is 5.88 Å². The molecule has 2 N–H and O–H groups in total. The molecule has 0 amide bonds. The van der Waals surface area contributed by atoms with Gasteiger partial charge in [0.1, 0.15) is 6.61 Å². The van der Waals surface area contributed by atoms with Crippen LogP contribution >= 0.6 is 15.9 Å². The zero-order valence-corrected chi connectivity index (χ0v) is 10.7. The molecular weight excluding hydrogens is 282 g/mol. The molecule has 0 radical (unpaired) electrons. The van der Waals surface area contributed by atoms with Crippen LogP contribution in [0.4, 0.5) is 0 Å². The lowest BCUT2D eigenvalue weighted by atomic mass is 10.2. The minimum atomic E-state index is 0.389. The van der Waals surface area contributed by atoms with E-state index in [0.717, 1.165) is 15.7 Å². The van der Waals surface area contributed by atoms with Gasteiger partial charge in [0.15, 0.2) is 0 Å². The average Bonchev–Trinajstić information content (AvgIpc) is 2.39. The molecule has 0 spiro atoms. The van der Waals surface area contributed by atoms with Crippen LogP contribution in [0, 0.1) is 0 Å². The Hall–Kier alpha value is -1.46. The summed E-state index contributed by atoms with van der Waals surface area (Å²) >= 11 is 3.38. The van der Waals surface area contributed by atoms with Crippen molar-refractivity contribution in [2.24, 2.45) is 5.73 Å². The highest BCUT2D eigenvalue weighted by Crippen LogP contribution is 2.12. The first kappa shape index (κ1) is 12.0. The first-order valence-electron chi connectivity index (χ1n) is 5.16. The van der Waals surface area contributed by atoms with E-state index in [9.17, 15) is 0 Å². The van der Waals surface area contributed by atoms with Gasteiger partial charge in [0, 0.05) is 11.0 Å². The number of nitrogens with zero attached hydrogens (tertiary/aromatic N) is 2. The predicted molar refractivity (Wildman–Crippen MR) is 68.4 cm³/mol. The second-order valence-electron chi connectivity index (χ2n) is 3.47. The van der Waals surface area contributed by atoms with Gasteiger partial charge in [-0.25, -0.2) is 4.98 Å². The molecule has 17 heavy (non-hydrogen) atoms. The first-order chi connectivity index (χ1) is 8.28. The second kappa shape index (κ2) is 5.75. The minimum absolute atomic E-state index is 0.389. The highest BCUT2D eigenvalue weighted by atomic mass is 79.9. The fourth-order valence-electron chi connectivity index (χ4n) is 1.26. The Morgan fingerprint density at radius 1 is 1.12 bits per heavy atom. The van der Waals surface area contributed by atoms with Crippen molar-refractivity contribution < 1.29 is 4.74 Å². The number of benzene rings is 1. The molecule has 2 rings (SSSR count). The first-order valence-corrected chi connectivity index (χ1v) is 5.95. The van der Waals surface area contributed by atoms with E-state index in [0.29, 0.717) is 19.0 Å². The summed E-state index contributed by atoms with van der Waals surface area (Å²) in [6, 6.07) is 7.93. The van der Waals surface area contributed by atoms with Gasteiger partial charge in [-0.05, 0) is 17.7 Å². The Bertz CT molecular complexity index is 470. The molecule has 0 aliphatic rings. The van der Waals surface area contributed by atoms with E-state index in [-0.39, 0.29) is 0 Å². The molecule has 1 aromatic heterocycles. The topological polar surface area (TPSA) is 61.0 Å². The smallest absolute Gasteiger partial charge is 0.232 e. The molecule has 2 aromatic rings. The van der Waals surface area contributed by atoms with Gasteiger partial charge >= 0.3 is 0 Å². The number of hydrogen-bond acceptors (Lipinski definition) is 4. The molecule has 0 fully saturated rings. The maximum Gasteiger partial charge on any atom is 0.232 e. The number of hydrogen-bond donors (Lipinski definition) is 1. The zero-order valence-electron chi connectivity index (χ0n) is 9.14. The number of ether oxygens (including phenoxy) is 1. The van der Waals surface area contributed by atoms with Crippen LogP contribution in [-0.4, -0.2) is 9.97 Å². The van der Waals surface area contributed by atoms with E-state index in [1.165, 1.54) is 0 Å². The van der Waals surface area contributed by atoms with Crippen molar-refractivity contribution >= 4 is 15.9 Å². The van der Waals surface area contributed by atoms with Crippen LogP contribution < -0.4 is 10.5 Å². The maximum atomic E-state index is 5.50. The summed E-state index contributed by atoms with van der Waals surface area (Å²) < 4.78 is 6.55. The Morgan fingerprint density at radius 3 is 2.47 bits per heavy atom. The van der Waals surface area contributed by atoms with Gasteiger partial charge in [-0.2, -0.15) is 0 Å². The minimum Gasteiger partial charge on any atom is -0.472 e. The molecule has 0 aliphatic heterocycles. The lowest BCUT2D eigenvalue weighted by molar-refractivity contribution is 0.292. The number of aromatic nitrogens is 2. The van der Waals surface area contributed by atoms with Crippen molar-refractivity contribution in [2.45, 2.75) is 13.2 Å². The predicted octanol–water partition coefficient (Wildman–Crippen LogP) is 2.28.